The molecule has 1 aromatic heterocycles. The first-order valence-electron chi connectivity index (χ1n) is 7.19. The fourth-order valence-corrected chi connectivity index (χ4v) is 4.31. The van der Waals surface area contributed by atoms with E-state index >= 15 is 0 Å². The second-order valence-electron chi connectivity index (χ2n) is 5.41. The van der Waals surface area contributed by atoms with Gasteiger partial charge in [-0.1, -0.05) is 30.1 Å². The van der Waals surface area contributed by atoms with Gasteiger partial charge in [-0.3, -0.25) is 9.40 Å². The van der Waals surface area contributed by atoms with Crippen LogP contribution in [0.25, 0.3) is 0 Å². The molecule has 0 saturated carbocycles. The molecule has 1 aromatic carbocycles. The average molecular weight is 376 g/mol. The van der Waals surface area contributed by atoms with E-state index < -0.39 is 10.0 Å². The van der Waals surface area contributed by atoms with Gasteiger partial charge < -0.3 is 0 Å². The normalized spacial score (nSPS) is 11.7. The summed E-state index contributed by atoms with van der Waals surface area (Å²) in [6.07, 6.45) is 0.913. The fourth-order valence-electron chi connectivity index (χ4n) is 2.30. The van der Waals surface area contributed by atoms with Crippen molar-refractivity contribution in [2.24, 2.45) is 0 Å². The molecule has 0 aliphatic heterocycles. The highest BCUT2D eigenvalue weighted by molar-refractivity contribution is 7.92. The van der Waals surface area contributed by atoms with Crippen molar-refractivity contribution in [3.8, 4) is 0 Å². The highest BCUT2D eigenvalue weighted by Gasteiger charge is 2.23. The van der Waals surface area contributed by atoms with Crippen LogP contribution in [0.15, 0.2) is 17.0 Å². The Bertz CT molecular complexity index is 845. The van der Waals surface area contributed by atoms with Crippen molar-refractivity contribution in [3.63, 3.8) is 0 Å². The van der Waals surface area contributed by atoms with Crippen LogP contribution in [0, 0.1) is 20.8 Å². The number of hydrogen-bond donors (Lipinski definition) is 1. The molecule has 23 heavy (non-hydrogen) atoms. The van der Waals surface area contributed by atoms with Gasteiger partial charge in [-0.15, -0.1) is 0 Å². The number of halogens is 2. The number of hydrogen-bond acceptors (Lipinski definition) is 3. The van der Waals surface area contributed by atoms with Crippen molar-refractivity contribution < 1.29 is 8.42 Å². The summed E-state index contributed by atoms with van der Waals surface area (Å²) in [5.41, 5.74) is 2.53. The zero-order valence-electron chi connectivity index (χ0n) is 13.4. The third-order valence-corrected chi connectivity index (χ3v) is 5.78. The van der Waals surface area contributed by atoms with E-state index in [1.807, 2.05) is 13.8 Å². The Morgan fingerprint density at radius 2 is 1.83 bits per heavy atom. The Morgan fingerprint density at radius 1 is 1.17 bits per heavy atom. The highest BCUT2D eigenvalue weighted by Crippen LogP contribution is 2.31. The summed E-state index contributed by atoms with van der Waals surface area (Å²) in [5.74, 6) is 0. The van der Waals surface area contributed by atoms with Gasteiger partial charge in [0.25, 0.3) is 10.0 Å². The molecule has 5 nitrogen and oxygen atoms in total. The smallest absolute Gasteiger partial charge is 0.263 e. The molecule has 0 saturated heterocycles. The molecule has 2 aromatic rings. The lowest BCUT2D eigenvalue weighted by molar-refractivity contribution is 0.583. The predicted octanol–water partition coefficient (Wildman–Crippen LogP) is 4.33. The van der Waals surface area contributed by atoms with Crippen LogP contribution < -0.4 is 4.72 Å². The van der Waals surface area contributed by atoms with E-state index in [1.54, 1.807) is 18.5 Å². The third kappa shape index (κ3) is 3.65. The van der Waals surface area contributed by atoms with Crippen molar-refractivity contribution in [1.82, 2.24) is 9.78 Å². The van der Waals surface area contributed by atoms with Gasteiger partial charge in [0.15, 0.2) is 0 Å². The van der Waals surface area contributed by atoms with E-state index in [0.29, 0.717) is 22.0 Å². The van der Waals surface area contributed by atoms with Crippen LogP contribution in [0.1, 0.15) is 30.3 Å². The first kappa shape index (κ1) is 18.1. The fraction of sp³-hybridized carbons (Fsp3) is 0.400. The minimum atomic E-state index is -3.82. The monoisotopic (exact) mass is 375 g/mol. The molecule has 0 amide bonds. The van der Waals surface area contributed by atoms with Gasteiger partial charge in [-0.25, -0.2) is 8.42 Å². The van der Waals surface area contributed by atoms with Crippen LogP contribution in [-0.2, 0) is 16.6 Å². The van der Waals surface area contributed by atoms with Crippen LogP contribution in [0.5, 0.6) is 0 Å². The lowest BCUT2D eigenvalue weighted by Gasteiger charge is -2.11. The zero-order chi connectivity index (χ0) is 17.4. The number of aromatic nitrogens is 2. The molecule has 126 valence electrons. The van der Waals surface area contributed by atoms with Gasteiger partial charge >= 0.3 is 0 Å². The summed E-state index contributed by atoms with van der Waals surface area (Å²) in [6, 6.07) is 2.90. The summed E-state index contributed by atoms with van der Waals surface area (Å²) in [5, 5.41) is 4.88. The van der Waals surface area contributed by atoms with E-state index in [4.69, 9.17) is 23.2 Å². The van der Waals surface area contributed by atoms with Crippen LogP contribution in [0.4, 0.5) is 5.69 Å². The highest BCUT2D eigenvalue weighted by atomic mass is 35.5. The number of rotatable bonds is 5. The molecule has 1 N–H and O–H groups in total. The van der Waals surface area contributed by atoms with Crippen molar-refractivity contribution in [1.29, 1.82) is 0 Å². The standard InChI is InChI=1S/C15H19Cl2N3O2S/c1-5-6-20-11(4)15(10(3)18-20)19-23(21,22)14-7-9(2)12(16)8-13(14)17/h7-8,19H,5-6H2,1-4H3. The Hall–Kier alpha value is -1.24. The summed E-state index contributed by atoms with van der Waals surface area (Å²) < 4.78 is 29.8. The Balaban J connectivity index is 2.45. The van der Waals surface area contributed by atoms with Crippen LogP contribution in [0.2, 0.25) is 10.0 Å². The molecule has 8 heteroatoms. The van der Waals surface area contributed by atoms with E-state index in [0.717, 1.165) is 18.7 Å². The number of benzene rings is 1. The van der Waals surface area contributed by atoms with Gasteiger partial charge in [-0.2, -0.15) is 5.10 Å². The molecule has 0 fully saturated rings. The molecule has 2 rings (SSSR count). The van der Waals surface area contributed by atoms with Gasteiger partial charge in [-0.05, 0) is 44.9 Å². The minimum Gasteiger partial charge on any atom is -0.276 e. The van der Waals surface area contributed by atoms with Crippen LogP contribution in [-0.4, -0.2) is 18.2 Å². The maximum Gasteiger partial charge on any atom is 0.263 e. The summed E-state index contributed by atoms with van der Waals surface area (Å²) in [7, 11) is -3.82. The van der Waals surface area contributed by atoms with E-state index in [1.165, 1.54) is 12.1 Å². The van der Waals surface area contributed by atoms with Crippen molar-refractivity contribution in [2.75, 3.05) is 4.72 Å². The molecule has 0 aliphatic carbocycles. The topological polar surface area (TPSA) is 64.0 Å². The van der Waals surface area contributed by atoms with Crippen molar-refractivity contribution in [3.05, 3.63) is 39.1 Å². The molecule has 0 aliphatic rings. The van der Waals surface area contributed by atoms with Gasteiger partial charge in [0, 0.05) is 11.6 Å². The molecule has 0 unspecified atom stereocenters. The van der Waals surface area contributed by atoms with E-state index in [2.05, 4.69) is 9.82 Å². The Kier molecular flexibility index (Phi) is 5.28. The molecule has 0 atom stereocenters. The Morgan fingerprint density at radius 3 is 2.43 bits per heavy atom. The minimum absolute atomic E-state index is 0.00288. The Labute approximate surface area is 146 Å². The second kappa shape index (κ2) is 6.71. The van der Waals surface area contributed by atoms with Gasteiger partial charge in [0.05, 0.1) is 22.1 Å². The van der Waals surface area contributed by atoms with Crippen molar-refractivity contribution >= 4 is 38.9 Å². The summed E-state index contributed by atoms with van der Waals surface area (Å²) in [4.78, 5) is 0.00288. The first-order chi connectivity index (χ1) is 10.7. The number of aryl methyl sites for hydroxylation is 3. The van der Waals surface area contributed by atoms with Crippen molar-refractivity contribution in [2.45, 2.75) is 45.6 Å². The van der Waals surface area contributed by atoms with Gasteiger partial charge in [0.2, 0.25) is 0 Å². The largest absolute Gasteiger partial charge is 0.276 e. The van der Waals surface area contributed by atoms with Crippen LogP contribution in [0.3, 0.4) is 0 Å². The summed E-state index contributed by atoms with van der Waals surface area (Å²) >= 11 is 12.0. The summed E-state index contributed by atoms with van der Waals surface area (Å²) in [6.45, 7) is 8.10. The molecular formula is C15H19Cl2N3O2S. The van der Waals surface area contributed by atoms with E-state index in [-0.39, 0.29) is 9.92 Å². The quantitative estimate of drug-likeness (QED) is 0.845. The van der Waals surface area contributed by atoms with Crippen LogP contribution >= 0.6 is 23.2 Å². The first-order valence-corrected chi connectivity index (χ1v) is 9.43. The maximum absolute atomic E-state index is 12.7. The molecule has 0 spiro atoms. The lowest BCUT2D eigenvalue weighted by atomic mass is 10.2. The number of anilines is 1. The molecular weight excluding hydrogens is 357 g/mol. The molecule has 0 radical (unpaired) electrons. The van der Waals surface area contributed by atoms with Gasteiger partial charge in [0.1, 0.15) is 4.90 Å². The third-order valence-electron chi connectivity index (χ3n) is 3.56. The van der Waals surface area contributed by atoms with E-state index in [9.17, 15) is 8.42 Å². The maximum atomic E-state index is 12.7. The zero-order valence-corrected chi connectivity index (χ0v) is 15.8. The number of nitrogens with zero attached hydrogens (tertiary/aromatic N) is 2. The SMILES string of the molecule is CCCn1nc(C)c(NS(=O)(=O)c2cc(C)c(Cl)cc2Cl)c1C. The predicted molar refractivity (Wildman–Crippen MR) is 94.0 cm³/mol. The second-order valence-corrected chi connectivity index (χ2v) is 7.87. The molecule has 1 heterocycles. The molecule has 0 bridgehead atoms. The number of nitrogens with one attached hydrogen (secondary N) is 1. The number of sulfonamides is 1. The average Bonchev–Trinajstić information content (AvgIpc) is 2.70. The lowest BCUT2D eigenvalue weighted by Crippen LogP contribution is -2.15.